The number of aryl methyl sites for hydroxylation is 2. The summed E-state index contributed by atoms with van der Waals surface area (Å²) in [6.07, 6.45) is -0.802. The largest absolute Gasteiger partial charge is 0.514 e. The van der Waals surface area contributed by atoms with E-state index in [-0.39, 0.29) is 16.7 Å². The number of carbonyl (C=O) groups is 1. The van der Waals surface area contributed by atoms with Gasteiger partial charge in [0, 0.05) is 12.1 Å². The highest BCUT2D eigenvalue weighted by atomic mass is 32.2. The minimum atomic E-state index is -0.973. The first-order chi connectivity index (χ1) is 16.7. The number of ether oxygens (including phenoxy) is 2. The molecule has 0 aliphatic rings. The Morgan fingerprint density at radius 2 is 1.23 bits per heavy atom. The fourth-order valence-electron chi connectivity index (χ4n) is 3.93. The van der Waals surface area contributed by atoms with Crippen LogP contribution in [0, 0.1) is 19.7 Å². The molecule has 35 heavy (non-hydrogen) atoms. The number of hydrogen-bond acceptors (Lipinski definition) is 3. The van der Waals surface area contributed by atoms with Crippen molar-refractivity contribution >= 4 is 17.1 Å². The molecule has 0 fully saturated rings. The van der Waals surface area contributed by atoms with Crippen LogP contribution in [-0.2, 0) is 21.2 Å². The Morgan fingerprint density at radius 3 is 1.71 bits per heavy atom. The lowest BCUT2D eigenvalue weighted by Crippen LogP contribution is -2.27. The lowest BCUT2D eigenvalue weighted by molar-refractivity contribution is 0.00606. The monoisotopic (exact) mass is 487 g/mol. The third-order valence-corrected chi connectivity index (χ3v) is 7.88. The van der Waals surface area contributed by atoms with Crippen LogP contribution in [0.1, 0.15) is 30.5 Å². The normalized spacial score (nSPS) is 11.4. The molecule has 5 heteroatoms. The zero-order valence-corrected chi connectivity index (χ0v) is 21.1. The Balaban J connectivity index is 1.60. The van der Waals surface area contributed by atoms with Gasteiger partial charge in [0.05, 0.1) is 10.9 Å². The predicted molar refractivity (Wildman–Crippen MR) is 137 cm³/mol. The molecule has 4 aromatic carbocycles. The number of carbonyl (C=O) groups excluding carboxylic acids is 1. The third kappa shape index (κ3) is 5.75. The second-order valence-electron chi connectivity index (χ2n) is 8.79. The molecule has 3 nitrogen and oxygen atoms in total. The summed E-state index contributed by atoms with van der Waals surface area (Å²) in [6.45, 7) is 7.36. The Hall–Kier alpha value is -3.57. The smallest absolute Gasteiger partial charge is 0.423 e. The van der Waals surface area contributed by atoms with E-state index in [0.717, 1.165) is 16.0 Å². The summed E-state index contributed by atoms with van der Waals surface area (Å²) in [5.41, 5.74) is 1.40. The van der Waals surface area contributed by atoms with E-state index in [9.17, 15) is 9.18 Å². The van der Waals surface area contributed by atoms with Crippen molar-refractivity contribution in [3.63, 3.8) is 0 Å². The molecule has 0 saturated heterocycles. The minimum absolute atomic E-state index is 0.301. The summed E-state index contributed by atoms with van der Waals surface area (Å²) < 4.78 is 24.6. The van der Waals surface area contributed by atoms with Crippen LogP contribution in [0.4, 0.5) is 9.18 Å². The average molecular weight is 488 g/mol. The van der Waals surface area contributed by atoms with Crippen molar-refractivity contribution in [2.45, 2.75) is 48.0 Å². The maximum Gasteiger partial charge on any atom is 0.514 e. The Bertz CT molecular complexity index is 1240. The van der Waals surface area contributed by atoms with Gasteiger partial charge in [-0.05, 0) is 80.8 Å². The molecule has 0 heterocycles. The van der Waals surface area contributed by atoms with Gasteiger partial charge < -0.3 is 9.47 Å². The number of benzene rings is 4. The number of hydrogen-bond donors (Lipinski definition) is 0. The van der Waals surface area contributed by atoms with E-state index in [2.05, 4.69) is 36.4 Å². The summed E-state index contributed by atoms with van der Waals surface area (Å²) in [5, 5.41) is 0. The molecule has 0 N–H and O–H groups in total. The number of halogens is 1. The molecule has 0 atom stereocenters. The fraction of sp³-hybridized carbons (Fsp3) is 0.167. The van der Waals surface area contributed by atoms with Crippen LogP contribution in [0.5, 0.6) is 5.75 Å². The van der Waals surface area contributed by atoms with Crippen LogP contribution < -0.4 is 4.74 Å². The average Bonchev–Trinajstić information content (AvgIpc) is 2.83. The Labute approximate surface area is 208 Å². The second-order valence-corrected chi connectivity index (χ2v) is 10.8. The van der Waals surface area contributed by atoms with Crippen LogP contribution in [0.2, 0.25) is 0 Å². The molecular formula is C30H28FO3S+. The summed E-state index contributed by atoms with van der Waals surface area (Å²) >= 11 is 0. The first kappa shape index (κ1) is 24.6. The highest BCUT2D eigenvalue weighted by Crippen LogP contribution is 2.36. The van der Waals surface area contributed by atoms with Gasteiger partial charge in [-0.2, -0.15) is 0 Å². The topological polar surface area (TPSA) is 35.5 Å². The van der Waals surface area contributed by atoms with Gasteiger partial charge in [-0.15, -0.1) is 0 Å². The molecule has 178 valence electrons. The molecule has 0 amide bonds. The number of rotatable bonds is 6. The van der Waals surface area contributed by atoms with E-state index in [0.29, 0.717) is 11.3 Å². The lowest BCUT2D eigenvalue weighted by Gasteiger charge is -2.25. The summed E-state index contributed by atoms with van der Waals surface area (Å²) in [7, 11) is -0.301. The van der Waals surface area contributed by atoms with E-state index in [1.165, 1.54) is 21.9 Å². The minimum Gasteiger partial charge on any atom is -0.423 e. The molecule has 0 aromatic heterocycles. The van der Waals surface area contributed by atoms with E-state index in [1.54, 1.807) is 26.0 Å². The zero-order valence-electron chi connectivity index (χ0n) is 20.2. The molecule has 0 radical (unpaired) electrons. The summed E-state index contributed by atoms with van der Waals surface area (Å²) in [4.78, 5) is 16.3. The molecular weight excluding hydrogens is 459 g/mol. The van der Waals surface area contributed by atoms with E-state index in [4.69, 9.17) is 9.47 Å². The maximum absolute atomic E-state index is 13.3. The van der Waals surface area contributed by atoms with Gasteiger partial charge in [0.1, 0.15) is 17.2 Å². The second kappa shape index (κ2) is 10.4. The van der Waals surface area contributed by atoms with Gasteiger partial charge in [-0.25, -0.2) is 9.18 Å². The highest BCUT2D eigenvalue weighted by molar-refractivity contribution is 7.97. The molecule has 4 aromatic rings. The standard InChI is InChI=1S/C30H28FO3S/c1-21-19-27(35(25-11-7-5-8-12-25)26-13-9-6-10-14-26)20-22(2)28(21)33-29(32)34-30(3,4)23-15-17-24(31)18-16-23/h5-20H,1-4H3/q+1. The van der Waals surface area contributed by atoms with Crippen molar-refractivity contribution < 1.29 is 18.7 Å². The zero-order chi connectivity index (χ0) is 25.0. The first-order valence-corrected chi connectivity index (χ1v) is 12.6. The van der Waals surface area contributed by atoms with E-state index in [1.807, 2.05) is 50.2 Å². The van der Waals surface area contributed by atoms with Crippen LogP contribution in [0.25, 0.3) is 0 Å². The molecule has 0 saturated carbocycles. The van der Waals surface area contributed by atoms with Crippen LogP contribution in [0.15, 0.2) is 112 Å². The van der Waals surface area contributed by atoms with Crippen molar-refractivity contribution in [1.29, 1.82) is 0 Å². The van der Waals surface area contributed by atoms with Gasteiger partial charge in [0.2, 0.25) is 0 Å². The molecule has 4 rings (SSSR count). The van der Waals surface area contributed by atoms with Gasteiger partial charge in [-0.3, -0.25) is 0 Å². The fourth-order valence-corrected chi connectivity index (χ4v) is 6.20. The first-order valence-electron chi connectivity index (χ1n) is 11.4. The Morgan fingerprint density at radius 1 is 0.743 bits per heavy atom. The van der Waals surface area contributed by atoms with Gasteiger partial charge in [0.15, 0.2) is 14.7 Å². The maximum atomic E-state index is 13.3. The summed E-state index contributed by atoms with van der Waals surface area (Å²) in [6, 6.07) is 30.8. The van der Waals surface area contributed by atoms with Crippen molar-refractivity contribution in [2.24, 2.45) is 0 Å². The molecule has 0 aliphatic carbocycles. The third-order valence-electron chi connectivity index (χ3n) is 5.69. The molecule has 0 spiro atoms. The van der Waals surface area contributed by atoms with Crippen LogP contribution >= 0.6 is 0 Å². The lowest BCUT2D eigenvalue weighted by atomic mass is 9.98. The summed E-state index contributed by atoms with van der Waals surface area (Å²) in [5.74, 6) is 0.141. The predicted octanol–water partition coefficient (Wildman–Crippen LogP) is 7.99. The van der Waals surface area contributed by atoms with Crippen molar-refractivity contribution in [1.82, 2.24) is 0 Å². The molecule has 0 unspecified atom stereocenters. The van der Waals surface area contributed by atoms with Crippen molar-refractivity contribution in [3.8, 4) is 5.75 Å². The molecule has 0 bridgehead atoms. The van der Waals surface area contributed by atoms with Gasteiger partial charge in [0.25, 0.3) is 0 Å². The SMILES string of the molecule is Cc1cc([S+](c2ccccc2)c2ccccc2)cc(C)c1OC(=O)OC(C)(C)c1ccc(F)cc1. The van der Waals surface area contributed by atoms with Gasteiger partial charge in [-0.1, -0.05) is 48.5 Å². The Kier molecular flexibility index (Phi) is 7.27. The van der Waals surface area contributed by atoms with E-state index >= 15 is 0 Å². The van der Waals surface area contributed by atoms with Crippen molar-refractivity contribution in [3.05, 3.63) is 120 Å². The van der Waals surface area contributed by atoms with Crippen LogP contribution in [0.3, 0.4) is 0 Å². The molecule has 0 aliphatic heterocycles. The highest BCUT2D eigenvalue weighted by Gasteiger charge is 2.31. The van der Waals surface area contributed by atoms with Crippen LogP contribution in [-0.4, -0.2) is 6.16 Å². The van der Waals surface area contributed by atoms with Crippen molar-refractivity contribution in [2.75, 3.05) is 0 Å². The quantitative estimate of drug-likeness (QED) is 0.157. The van der Waals surface area contributed by atoms with E-state index < -0.39 is 11.8 Å². The van der Waals surface area contributed by atoms with Gasteiger partial charge >= 0.3 is 6.16 Å².